The summed E-state index contributed by atoms with van der Waals surface area (Å²) in [5.41, 5.74) is 0. The van der Waals surface area contributed by atoms with Crippen LogP contribution in [0.3, 0.4) is 0 Å². The highest BCUT2D eigenvalue weighted by Gasteiger charge is 2.35. The van der Waals surface area contributed by atoms with E-state index >= 15 is 0 Å². The van der Waals surface area contributed by atoms with E-state index in [0.29, 0.717) is 0 Å². The van der Waals surface area contributed by atoms with Crippen molar-refractivity contribution in [2.45, 2.75) is 76.8 Å². The maximum absolute atomic E-state index is 3.89. The average Bonchev–Trinajstić information content (AvgIpc) is 3.13. The molecule has 1 N–H and O–H groups in total. The van der Waals surface area contributed by atoms with Crippen LogP contribution in [0.25, 0.3) is 0 Å². The first-order valence-corrected chi connectivity index (χ1v) is 8.84. The molecule has 3 rings (SSSR count). The fourth-order valence-corrected chi connectivity index (χ4v) is 4.39. The summed E-state index contributed by atoms with van der Waals surface area (Å²) in [5, 5.41) is 3.89. The number of nitrogens with one attached hydrogen (secondary N) is 1. The van der Waals surface area contributed by atoms with Crippen molar-refractivity contribution >= 4 is 0 Å². The van der Waals surface area contributed by atoms with E-state index in [2.05, 4.69) is 17.1 Å². The summed E-state index contributed by atoms with van der Waals surface area (Å²) >= 11 is 0. The van der Waals surface area contributed by atoms with Crippen LogP contribution in [0.2, 0.25) is 0 Å². The summed E-state index contributed by atoms with van der Waals surface area (Å²) in [6.45, 7) is 6.36. The molecule has 0 bridgehead atoms. The molecule has 3 aliphatic rings. The van der Waals surface area contributed by atoms with Crippen molar-refractivity contribution in [1.29, 1.82) is 0 Å². The smallest absolute Gasteiger partial charge is 0.0195 e. The zero-order chi connectivity index (χ0) is 13.1. The standard InChI is InChI=1S/C17H32N2/c1-2-17(15-9-10-15)19-11-5-8-16(13-19)18-12-14-6-3-4-7-14/h14-18H,2-13H2,1H3. The summed E-state index contributed by atoms with van der Waals surface area (Å²) in [5.74, 6) is 2.03. The van der Waals surface area contributed by atoms with Crippen molar-refractivity contribution in [1.82, 2.24) is 10.2 Å². The lowest BCUT2D eigenvalue weighted by Crippen LogP contribution is -2.50. The molecule has 2 atom stereocenters. The van der Waals surface area contributed by atoms with Gasteiger partial charge in [0.05, 0.1) is 0 Å². The van der Waals surface area contributed by atoms with Gasteiger partial charge in [-0.15, -0.1) is 0 Å². The van der Waals surface area contributed by atoms with E-state index < -0.39 is 0 Å². The van der Waals surface area contributed by atoms with E-state index in [1.54, 1.807) is 0 Å². The highest BCUT2D eigenvalue weighted by Crippen LogP contribution is 2.37. The summed E-state index contributed by atoms with van der Waals surface area (Å²) < 4.78 is 0. The highest BCUT2D eigenvalue weighted by atomic mass is 15.2. The Kier molecular flexibility index (Phi) is 4.81. The second-order valence-corrected chi connectivity index (χ2v) is 7.21. The monoisotopic (exact) mass is 264 g/mol. The van der Waals surface area contributed by atoms with Crippen LogP contribution in [0.15, 0.2) is 0 Å². The van der Waals surface area contributed by atoms with Gasteiger partial charge in [-0.2, -0.15) is 0 Å². The minimum atomic E-state index is 0.780. The molecular weight excluding hydrogens is 232 g/mol. The third kappa shape index (κ3) is 3.72. The van der Waals surface area contributed by atoms with Crippen molar-refractivity contribution < 1.29 is 0 Å². The van der Waals surface area contributed by atoms with Gasteiger partial charge in [-0.3, -0.25) is 4.90 Å². The van der Waals surface area contributed by atoms with Crippen LogP contribution < -0.4 is 5.32 Å². The molecule has 1 aliphatic heterocycles. The topological polar surface area (TPSA) is 15.3 Å². The van der Waals surface area contributed by atoms with E-state index in [0.717, 1.165) is 23.9 Å². The van der Waals surface area contributed by atoms with Gasteiger partial charge in [-0.05, 0) is 69.9 Å². The minimum Gasteiger partial charge on any atom is -0.312 e. The van der Waals surface area contributed by atoms with Crippen molar-refractivity contribution in [3.05, 3.63) is 0 Å². The third-order valence-electron chi connectivity index (χ3n) is 5.68. The van der Waals surface area contributed by atoms with Crippen LogP contribution in [0, 0.1) is 11.8 Å². The Morgan fingerprint density at radius 1 is 1.05 bits per heavy atom. The number of hydrogen-bond acceptors (Lipinski definition) is 2. The fourth-order valence-electron chi connectivity index (χ4n) is 4.39. The first kappa shape index (κ1) is 13.9. The quantitative estimate of drug-likeness (QED) is 0.791. The van der Waals surface area contributed by atoms with Gasteiger partial charge in [0.25, 0.3) is 0 Å². The number of nitrogens with zero attached hydrogens (tertiary/aromatic N) is 1. The summed E-state index contributed by atoms with van der Waals surface area (Å²) in [4.78, 5) is 2.81. The Bertz CT molecular complexity index is 268. The maximum Gasteiger partial charge on any atom is 0.0195 e. The van der Waals surface area contributed by atoms with Gasteiger partial charge in [0.15, 0.2) is 0 Å². The molecule has 2 aliphatic carbocycles. The summed E-state index contributed by atoms with van der Waals surface area (Å²) in [6.07, 6.45) is 13.1. The molecule has 2 unspecified atom stereocenters. The predicted molar refractivity (Wildman–Crippen MR) is 81.4 cm³/mol. The van der Waals surface area contributed by atoms with Gasteiger partial charge >= 0.3 is 0 Å². The Labute approximate surface area is 119 Å². The molecule has 2 nitrogen and oxygen atoms in total. The first-order chi connectivity index (χ1) is 9.36. The third-order valence-corrected chi connectivity index (χ3v) is 5.68. The Morgan fingerprint density at radius 3 is 2.53 bits per heavy atom. The zero-order valence-corrected chi connectivity index (χ0v) is 12.7. The number of rotatable bonds is 6. The molecule has 0 radical (unpaired) electrons. The first-order valence-electron chi connectivity index (χ1n) is 8.84. The predicted octanol–water partition coefficient (Wildman–Crippen LogP) is 3.42. The van der Waals surface area contributed by atoms with Gasteiger partial charge in [0.1, 0.15) is 0 Å². The molecule has 2 saturated carbocycles. The van der Waals surface area contributed by atoms with Crippen molar-refractivity contribution in [3.63, 3.8) is 0 Å². The van der Waals surface area contributed by atoms with Crippen LogP contribution >= 0.6 is 0 Å². The van der Waals surface area contributed by atoms with Crippen LogP contribution in [-0.2, 0) is 0 Å². The second kappa shape index (κ2) is 6.58. The van der Waals surface area contributed by atoms with Crippen LogP contribution in [0.4, 0.5) is 0 Å². The maximum atomic E-state index is 3.89. The second-order valence-electron chi connectivity index (χ2n) is 7.21. The van der Waals surface area contributed by atoms with Crippen LogP contribution in [-0.4, -0.2) is 36.6 Å². The van der Waals surface area contributed by atoms with E-state index in [4.69, 9.17) is 0 Å². The molecule has 110 valence electrons. The molecule has 0 aromatic carbocycles. The van der Waals surface area contributed by atoms with Crippen molar-refractivity contribution in [3.8, 4) is 0 Å². The zero-order valence-electron chi connectivity index (χ0n) is 12.7. The number of hydrogen-bond donors (Lipinski definition) is 1. The minimum absolute atomic E-state index is 0.780. The van der Waals surface area contributed by atoms with Gasteiger partial charge in [0.2, 0.25) is 0 Å². The lowest BCUT2D eigenvalue weighted by Gasteiger charge is -2.39. The van der Waals surface area contributed by atoms with Crippen LogP contribution in [0.5, 0.6) is 0 Å². The summed E-state index contributed by atoms with van der Waals surface area (Å²) in [7, 11) is 0. The van der Waals surface area contributed by atoms with Crippen molar-refractivity contribution in [2.75, 3.05) is 19.6 Å². The molecule has 0 aromatic heterocycles. The molecule has 2 heteroatoms. The van der Waals surface area contributed by atoms with Gasteiger partial charge in [-0.25, -0.2) is 0 Å². The molecule has 3 fully saturated rings. The van der Waals surface area contributed by atoms with Gasteiger partial charge < -0.3 is 5.32 Å². The van der Waals surface area contributed by atoms with Crippen molar-refractivity contribution in [2.24, 2.45) is 11.8 Å². The van der Waals surface area contributed by atoms with E-state index in [1.807, 2.05) is 0 Å². The Morgan fingerprint density at radius 2 is 1.84 bits per heavy atom. The number of piperidine rings is 1. The van der Waals surface area contributed by atoms with E-state index in [-0.39, 0.29) is 0 Å². The highest BCUT2D eigenvalue weighted by molar-refractivity contribution is 4.91. The SMILES string of the molecule is CCC(C1CC1)N1CCCC(NCC2CCCC2)C1. The lowest BCUT2D eigenvalue weighted by atomic mass is 9.99. The molecular formula is C17H32N2. The summed E-state index contributed by atoms with van der Waals surface area (Å²) in [6, 6.07) is 1.68. The average molecular weight is 264 g/mol. The molecule has 0 aromatic rings. The lowest BCUT2D eigenvalue weighted by molar-refractivity contribution is 0.118. The van der Waals surface area contributed by atoms with Gasteiger partial charge in [0, 0.05) is 18.6 Å². The van der Waals surface area contributed by atoms with Crippen LogP contribution in [0.1, 0.15) is 64.7 Å². The number of likely N-dealkylation sites (tertiary alicyclic amines) is 1. The largest absolute Gasteiger partial charge is 0.312 e. The Balaban J connectivity index is 1.44. The molecule has 0 amide bonds. The Hall–Kier alpha value is -0.0800. The molecule has 19 heavy (non-hydrogen) atoms. The normalized spacial score (nSPS) is 31.7. The fraction of sp³-hybridized carbons (Fsp3) is 1.00. The van der Waals surface area contributed by atoms with E-state index in [1.165, 1.54) is 77.4 Å². The molecule has 1 saturated heterocycles. The van der Waals surface area contributed by atoms with E-state index in [9.17, 15) is 0 Å². The molecule has 0 spiro atoms. The molecule has 1 heterocycles. The van der Waals surface area contributed by atoms with Gasteiger partial charge in [-0.1, -0.05) is 19.8 Å².